The van der Waals surface area contributed by atoms with Crippen LogP contribution >= 0.6 is 0 Å². The highest BCUT2D eigenvalue weighted by atomic mass is 32.2. The summed E-state index contributed by atoms with van der Waals surface area (Å²) in [6.45, 7) is 1.05. The van der Waals surface area contributed by atoms with E-state index in [1.165, 1.54) is 6.07 Å². The Hall–Kier alpha value is -2.31. The largest absolute Gasteiger partial charge is 0.471 e. The third kappa shape index (κ3) is 5.09. The Kier molecular flexibility index (Phi) is 5.78. The molecular weight excluding hydrogens is 381 g/mol. The number of hydrogen-bond donors (Lipinski definition) is 2. The minimum absolute atomic E-state index is 0.0217. The highest BCUT2D eigenvalue weighted by Gasteiger charge is 2.47. The Bertz CT molecular complexity index is 777. The van der Waals surface area contributed by atoms with Crippen molar-refractivity contribution in [3.8, 4) is 0 Å². The first-order chi connectivity index (χ1) is 12.0. The van der Waals surface area contributed by atoms with Gasteiger partial charge in [0.2, 0.25) is 15.9 Å². The number of rotatable bonds is 6. The number of nitrogens with zero attached hydrogens (tertiary/aromatic N) is 2. The van der Waals surface area contributed by atoms with E-state index >= 15 is 0 Å². The first kappa shape index (κ1) is 20.0. The maximum Gasteiger partial charge on any atom is 0.471 e. The number of carbonyl (C=O) groups excluding carboxylic acids is 2. The molecule has 1 fully saturated rings. The molecule has 1 aliphatic rings. The monoisotopic (exact) mass is 398 g/mol. The second-order valence-electron chi connectivity index (χ2n) is 5.69. The molecule has 146 valence electrons. The van der Waals surface area contributed by atoms with Crippen LogP contribution in [0.2, 0.25) is 0 Å². The lowest BCUT2D eigenvalue weighted by atomic mass is 10.2. The van der Waals surface area contributed by atoms with E-state index < -0.39 is 39.8 Å². The summed E-state index contributed by atoms with van der Waals surface area (Å²) in [7, 11) is -3.84. The Morgan fingerprint density at radius 2 is 2.12 bits per heavy atom. The number of nitrogens with one attached hydrogen (secondary N) is 2. The molecule has 0 aromatic carbocycles. The summed E-state index contributed by atoms with van der Waals surface area (Å²) >= 11 is 0. The number of alkyl halides is 3. The third-order valence-electron chi connectivity index (χ3n) is 3.62. The van der Waals surface area contributed by atoms with Gasteiger partial charge in [0.1, 0.15) is 11.8 Å². The Morgan fingerprint density at radius 3 is 2.69 bits per heavy atom. The summed E-state index contributed by atoms with van der Waals surface area (Å²) in [6.07, 6.45) is -4.73. The topological polar surface area (TPSA) is 122 Å². The van der Waals surface area contributed by atoms with Crippen LogP contribution in [0.15, 0.2) is 10.6 Å². The maximum absolute atomic E-state index is 12.5. The Morgan fingerprint density at radius 1 is 1.42 bits per heavy atom. The molecular formula is C13H17F3N4O5S. The van der Waals surface area contributed by atoms with Crippen molar-refractivity contribution in [3.05, 3.63) is 11.8 Å². The molecule has 1 aromatic rings. The van der Waals surface area contributed by atoms with Crippen LogP contribution in [0.5, 0.6) is 0 Å². The van der Waals surface area contributed by atoms with Gasteiger partial charge in [-0.05, 0) is 19.8 Å². The van der Waals surface area contributed by atoms with Gasteiger partial charge in [-0.2, -0.15) is 13.2 Å². The molecule has 0 saturated carbocycles. The van der Waals surface area contributed by atoms with Crippen molar-refractivity contribution < 1.29 is 35.7 Å². The average molecular weight is 398 g/mol. The minimum Gasteiger partial charge on any atom is -0.360 e. The SMILES string of the molecule is Cc1cc(NS(=O)(=O)CCNC(=O)C2CCCN2C(=O)C(F)(F)F)no1. The van der Waals surface area contributed by atoms with Crippen LogP contribution < -0.4 is 10.0 Å². The Labute approximate surface area is 146 Å². The van der Waals surface area contributed by atoms with E-state index in [1.54, 1.807) is 6.92 Å². The molecule has 2 amide bonds. The predicted molar refractivity (Wildman–Crippen MR) is 82.4 cm³/mol. The lowest BCUT2D eigenvalue weighted by Crippen LogP contribution is -2.50. The van der Waals surface area contributed by atoms with E-state index in [0.717, 1.165) is 0 Å². The molecule has 9 nitrogen and oxygen atoms in total. The molecule has 13 heteroatoms. The van der Waals surface area contributed by atoms with Crippen molar-refractivity contribution in [1.29, 1.82) is 0 Å². The normalized spacial score (nSPS) is 18.0. The number of carbonyl (C=O) groups is 2. The molecule has 2 heterocycles. The fourth-order valence-electron chi connectivity index (χ4n) is 2.50. The van der Waals surface area contributed by atoms with E-state index in [2.05, 4.69) is 15.2 Å². The molecule has 1 aromatic heterocycles. The fraction of sp³-hybridized carbons (Fsp3) is 0.615. The molecule has 0 spiro atoms. The highest BCUT2D eigenvalue weighted by Crippen LogP contribution is 2.25. The van der Waals surface area contributed by atoms with Crippen LogP contribution in [0.1, 0.15) is 18.6 Å². The van der Waals surface area contributed by atoms with Gasteiger partial charge >= 0.3 is 12.1 Å². The molecule has 2 N–H and O–H groups in total. The third-order valence-corrected chi connectivity index (χ3v) is 4.88. The first-order valence-corrected chi connectivity index (χ1v) is 9.24. The zero-order chi connectivity index (χ0) is 19.5. The smallest absolute Gasteiger partial charge is 0.360 e. The Balaban J connectivity index is 1.87. The van der Waals surface area contributed by atoms with E-state index in [-0.39, 0.29) is 31.7 Å². The van der Waals surface area contributed by atoms with E-state index in [9.17, 15) is 31.2 Å². The number of halogens is 3. The number of likely N-dealkylation sites (tertiary alicyclic amines) is 1. The summed E-state index contributed by atoms with van der Waals surface area (Å²) < 4.78 is 68.1. The fourth-order valence-corrected chi connectivity index (χ4v) is 3.38. The summed E-state index contributed by atoms with van der Waals surface area (Å²) in [5, 5.41) is 5.70. The number of aryl methyl sites for hydroxylation is 1. The van der Waals surface area contributed by atoms with Crippen molar-refractivity contribution in [2.75, 3.05) is 23.6 Å². The molecule has 0 radical (unpaired) electrons. The lowest BCUT2D eigenvalue weighted by Gasteiger charge is -2.24. The van der Waals surface area contributed by atoms with Crippen molar-refractivity contribution in [2.24, 2.45) is 0 Å². The quantitative estimate of drug-likeness (QED) is 0.715. The predicted octanol–water partition coefficient (Wildman–Crippen LogP) is 0.394. The van der Waals surface area contributed by atoms with Crippen molar-refractivity contribution in [1.82, 2.24) is 15.4 Å². The van der Waals surface area contributed by atoms with Crippen molar-refractivity contribution >= 4 is 27.7 Å². The molecule has 0 bridgehead atoms. The van der Waals surface area contributed by atoms with Crippen LogP contribution in [0.3, 0.4) is 0 Å². The average Bonchev–Trinajstić information content (AvgIpc) is 3.13. The van der Waals surface area contributed by atoms with Crippen LogP contribution in [-0.2, 0) is 19.6 Å². The molecule has 1 saturated heterocycles. The highest BCUT2D eigenvalue weighted by molar-refractivity contribution is 7.92. The minimum atomic E-state index is -5.06. The first-order valence-electron chi connectivity index (χ1n) is 7.59. The second kappa shape index (κ2) is 7.51. The number of anilines is 1. The van der Waals surface area contributed by atoms with Gasteiger partial charge in [-0.25, -0.2) is 8.42 Å². The van der Waals surface area contributed by atoms with Gasteiger partial charge in [0, 0.05) is 19.2 Å². The standard InChI is InChI=1S/C13H17F3N4O5S/c1-8-7-10(18-25-8)19-26(23,24)6-4-17-11(21)9-3-2-5-20(9)12(22)13(14,15)16/h7,9H,2-6H2,1H3,(H,17,21)(H,18,19). The molecule has 1 aliphatic heterocycles. The van der Waals surface area contributed by atoms with Crippen molar-refractivity contribution in [3.63, 3.8) is 0 Å². The van der Waals surface area contributed by atoms with Gasteiger partial charge in [0.05, 0.1) is 5.75 Å². The maximum atomic E-state index is 12.5. The van der Waals surface area contributed by atoms with Gasteiger partial charge in [0.15, 0.2) is 5.82 Å². The van der Waals surface area contributed by atoms with Gasteiger partial charge in [-0.15, -0.1) is 0 Å². The number of hydrogen-bond acceptors (Lipinski definition) is 6. The molecule has 0 aliphatic carbocycles. The van der Waals surface area contributed by atoms with E-state index in [4.69, 9.17) is 4.52 Å². The molecule has 1 unspecified atom stereocenters. The van der Waals surface area contributed by atoms with E-state index in [1.807, 2.05) is 0 Å². The zero-order valence-electron chi connectivity index (χ0n) is 13.7. The summed E-state index contributed by atoms with van der Waals surface area (Å²) in [5.41, 5.74) is 0. The van der Waals surface area contributed by atoms with E-state index in [0.29, 0.717) is 10.7 Å². The van der Waals surface area contributed by atoms with Gasteiger partial charge in [-0.1, -0.05) is 5.16 Å². The van der Waals surface area contributed by atoms with Crippen LogP contribution in [0.25, 0.3) is 0 Å². The number of sulfonamides is 1. The van der Waals surface area contributed by atoms with Crippen LogP contribution in [0, 0.1) is 6.92 Å². The molecule has 26 heavy (non-hydrogen) atoms. The van der Waals surface area contributed by atoms with Gasteiger partial charge < -0.3 is 14.7 Å². The summed E-state index contributed by atoms with van der Waals surface area (Å²) in [5.74, 6) is -3.05. The summed E-state index contributed by atoms with van der Waals surface area (Å²) in [6, 6.07) is 0.0907. The summed E-state index contributed by atoms with van der Waals surface area (Å²) in [4.78, 5) is 23.8. The van der Waals surface area contributed by atoms with Crippen LogP contribution in [-0.4, -0.2) is 61.3 Å². The van der Waals surface area contributed by atoms with Crippen LogP contribution in [0.4, 0.5) is 19.0 Å². The second-order valence-corrected chi connectivity index (χ2v) is 7.53. The molecule has 1 atom stereocenters. The van der Waals surface area contributed by atoms with Gasteiger partial charge in [-0.3, -0.25) is 14.3 Å². The number of amides is 2. The van der Waals surface area contributed by atoms with Gasteiger partial charge in [0.25, 0.3) is 0 Å². The zero-order valence-corrected chi connectivity index (χ0v) is 14.5. The lowest BCUT2D eigenvalue weighted by molar-refractivity contribution is -0.186. The molecule has 2 rings (SSSR count). The van der Waals surface area contributed by atoms with Crippen molar-refractivity contribution in [2.45, 2.75) is 32.0 Å². The number of aromatic nitrogens is 1.